The van der Waals surface area contributed by atoms with Crippen molar-refractivity contribution in [3.63, 3.8) is 0 Å². The topological polar surface area (TPSA) is 23.8 Å². The van der Waals surface area contributed by atoms with Crippen LogP contribution in [-0.2, 0) is 0 Å². The second-order valence-electron chi connectivity index (χ2n) is 3.68. The first-order valence-corrected chi connectivity index (χ1v) is 5.35. The number of nitriles is 1. The lowest BCUT2D eigenvalue weighted by atomic mass is 10.0. The van der Waals surface area contributed by atoms with Crippen molar-refractivity contribution in [1.82, 2.24) is 0 Å². The number of halogens is 1. The molecule has 2 aromatic rings. The number of benzene rings is 2. The Labute approximate surface area is 99.9 Å². The van der Waals surface area contributed by atoms with Crippen LogP contribution in [0.5, 0.6) is 0 Å². The fraction of sp³-hybridized carbons (Fsp3) is 0.0714. The van der Waals surface area contributed by atoms with Crippen LogP contribution >= 0.6 is 11.6 Å². The van der Waals surface area contributed by atoms with Crippen molar-refractivity contribution in [3.05, 3.63) is 58.6 Å². The predicted molar refractivity (Wildman–Crippen MR) is 66.3 cm³/mol. The number of hydrogen-bond donors (Lipinski definition) is 0. The molecule has 2 aromatic carbocycles. The molecule has 0 fully saturated rings. The summed E-state index contributed by atoms with van der Waals surface area (Å²) in [4.78, 5) is 0. The van der Waals surface area contributed by atoms with E-state index in [-0.39, 0.29) is 0 Å². The molecule has 0 amide bonds. The molecule has 0 radical (unpaired) electrons. The normalized spacial score (nSPS) is 9.81. The third-order valence-electron chi connectivity index (χ3n) is 2.42. The van der Waals surface area contributed by atoms with Gasteiger partial charge in [-0.15, -0.1) is 0 Å². The first-order chi connectivity index (χ1) is 7.70. The van der Waals surface area contributed by atoms with Crippen LogP contribution in [0.2, 0.25) is 5.02 Å². The number of rotatable bonds is 1. The standard InChI is InChI=1S/C14H10ClN/c1-10-5-6-14(15)13(7-10)12-4-2-3-11(8-12)9-16/h2-8H,1H3. The summed E-state index contributed by atoms with van der Waals surface area (Å²) in [5.41, 5.74) is 3.75. The Morgan fingerprint density at radius 3 is 2.69 bits per heavy atom. The van der Waals surface area contributed by atoms with Crippen molar-refractivity contribution in [3.8, 4) is 17.2 Å². The minimum atomic E-state index is 0.648. The number of aryl methyl sites for hydroxylation is 1. The summed E-state index contributed by atoms with van der Waals surface area (Å²) >= 11 is 6.14. The molecule has 0 heterocycles. The van der Waals surface area contributed by atoms with Crippen molar-refractivity contribution in [2.24, 2.45) is 0 Å². The molecule has 0 aliphatic heterocycles. The summed E-state index contributed by atoms with van der Waals surface area (Å²) in [5, 5.41) is 9.56. The highest BCUT2D eigenvalue weighted by atomic mass is 35.5. The van der Waals surface area contributed by atoms with E-state index in [1.807, 2.05) is 43.3 Å². The van der Waals surface area contributed by atoms with Gasteiger partial charge in [-0.05, 0) is 36.8 Å². The van der Waals surface area contributed by atoms with Crippen molar-refractivity contribution in [1.29, 1.82) is 5.26 Å². The molecule has 2 rings (SSSR count). The first-order valence-electron chi connectivity index (χ1n) is 4.97. The van der Waals surface area contributed by atoms with Gasteiger partial charge < -0.3 is 0 Å². The van der Waals surface area contributed by atoms with E-state index in [4.69, 9.17) is 16.9 Å². The maximum Gasteiger partial charge on any atom is 0.0991 e. The van der Waals surface area contributed by atoms with Gasteiger partial charge in [-0.25, -0.2) is 0 Å². The van der Waals surface area contributed by atoms with E-state index in [1.165, 1.54) is 0 Å². The maximum atomic E-state index is 8.85. The zero-order valence-electron chi connectivity index (χ0n) is 8.87. The molecular formula is C14H10ClN. The average Bonchev–Trinajstić information content (AvgIpc) is 2.32. The van der Waals surface area contributed by atoms with Crippen molar-refractivity contribution in [2.75, 3.05) is 0 Å². The molecule has 2 heteroatoms. The third-order valence-corrected chi connectivity index (χ3v) is 2.75. The van der Waals surface area contributed by atoms with Gasteiger partial charge in [-0.3, -0.25) is 0 Å². The van der Waals surface area contributed by atoms with Crippen molar-refractivity contribution >= 4 is 11.6 Å². The highest BCUT2D eigenvalue weighted by Crippen LogP contribution is 2.29. The second-order valence-corrected chi connectivity index (χ2v) is 4.08. The molecule has 0 bridgehead atoms. The predicted octanol–water partition coefficient (Wildman–Crippen LogP) is 4.19. The van der Waals surface area contributed by atoms with E-state index in [9.17, 15) is 0 Å². The third kappa shape index (κ3) is 2.08. The van der Waals surface area contributed by atoms with Gasteiger partial charge in [-0.2, -0.15) is 5.26 Å². The van der Waals surface area contributed by atoms with Crippen LogP contribution in [0.15, 0.2) is 42.5 Å². The van der Waals surface area contributed by atoms with Crippen LogP contribution < -0.4 is 0 Å². The van der Waals surface area contributed by atoms with Crippen molar-refractivity contribution < 1.29 is 0 Å². The number of hydrogen-bond acceptors (Lipinski definition) is 1. The highest BCUT2D eigenvalue weighted by Gasteiger charge is 2.04. The molecule has 0 atom stereocenters. The monoisotopic (exact) mass is 227 g/mol. The van der Waals surface area contributed by atoms with Crippen LogP contribution in [0.3, 0.4) is 0 Å². The Morgan fingerprint density at radius 2 is 1.94 bits per heavy atom. The molecule has 0 unspecified atom stereocenters. The van der Waals surface area contributed by atoms with E-state index < -0.39 is 0 Å². The zero-order chi connectivity index (χ0) is 11.5. The molecule has 1 nitrogen and oxygen atoms in total. The minimum absolute atomic E-state index is 0.648. The van der Waals surface area contributed by atoms with Gasteiger partial charge in [-0.1, -0.05) is 35.4 Å². The van der Waals surface area contributed by atoms with Crippen LogP contribution in [0, 0.1) is 18.3 Å². The van der Waals surface area contributed by atoms with Gasteiger partial charge in [0.05, 0.1) is 11.6 Å². The van der Waals surface area contributed by atoms with Crippen LogP contribution in [0.4, 0.5) is 0 Å². The fourth-order valence-corrected chi connectivity index (χ4v) is 1.84. The highest BCUT2D eigenvalue weighted by molar-refractivity contribution is 6.33. The van der Waals surface area contributed by atoms with Crippen LogP contribution in [0.25, 0.3) is 11.1 Å². The van der Waals surface area contributed by atoms with E-state index in [0.717, 1.165) is 16.7 Å². The Bertz CT molecular complexity index is 567. The van der Waals surface area contributed by atoms with Gasteiger partial charge >= 0.3 is 0 Å². The molecule has 0 aromatic heterocycles. The largest absolute Gasteiger partial charge is 0.192 e. The minimum Gasteiger partial charge on any atom is -0.192 e. The summed E-state index contributed by atoms with van der Waals surface area (Å²) in [6.07, 6.45) is 0. The van der Waals surface area contributed by atoms with Gasteiger partial charge in [0.25, 0.3) is 0 Å². The van der Waals surface area contributed by atoms with E-state index in [2.05, 4.69) is 6.07 Å². The Kier molecular flexibility index (Phi) is 2.94. The molecule has 0 saturated heterocycles. The maximum absolute atomic E-state index is 8.85. The summed E-state index contributed by atoms with van der Waals surface area (Å²) in [6, 6.07) is 15.5. The Hall–Kier alpha value is -1.78. The first kappa shape index (κ1) is 10.7. The van der Waals surface area contributed by atoms with E-state index in [0.29, 0.717) is 10.6 Å². The quantitative estimate of drug-likeness (QED) is 0.717. The lowest BCUT2D eigenvalue weighted by molar-refractivity contribution is 1.45. The van der Waals surface area contributed by atoms with E-state index in [1.54, 1.807) is 6.07 Å². The fourth-order valence-electron chi connectivity index (χ4n) is 1.62. The van der Waals surface area contributed by atoms with Gasteiger partial charge in [0, 0.05) is 10.6 Å². The van der Waals surface area contributed by atoms with Gasteiger partial charge in [0.1, 0.15) is 0 Å². The molecular weight excluding hydrogens is 218 g/mol. The second kappa shape index (κ2) is 4.38. The van der Waals surface area contributed by atoms with E-state index >= 15 is 0 Å². The molecule has 0 spiro atoms. The summed E-state index contributed by atoms with van der Waals surface area (Å²) in [6.45, 7) is 2.02. The zero-order valence-corrected chi connectivity index (χ0v) is 9.62. The smallest absolute Gasteiger partial charge is 0.0991 e. The van der Waals surface area contributed by atoms with Crippen molar-refractivity contribution in [2.45, 2.75) is 6.92 Å². The molecule has 0 aliphatic carbocycles. The Balaban J connectivity index is 2.58. The molecule has 0 saturated carbocycles. The average molecular weight is 228 g/mol. The molecule has 0 N–H and O–H groups in total. The SMILES string of the molecule is Cc1ccc(Cl)c(-c2cccc(C#N)c2)c1. The Morgan fingerprint density at radius 1 is 1.12 bits per heavy atom. The summed E-state index contributed by atoms with van der Waals surface area (Å²) in [5.74, 6) is 0. The van der Waals surface area contributed by atoms with Crippen LogP contribution in [0.1, 0.15) is 11.1 Å². The lowest BCUT2D eigenvalue weighted by Crippen LogP contribution is -1.83. The molecule has 16 heavy (non-hydrogen) atoms. The summed E-state index contributed by atoms with van der Waals surface area (Å²) < 4.78 is 0. The molecule has 0 aliphatic rings. The number of nitrogens with zero attached hydrogens (tertiary/aromatic N) is 1. The lowest BCUT2D eigenvalue weighted by Gasteiger charge is -2.06. The van der Waals surface area contributed by atoms with Gasteiger partial charge in [0.15, 0.2) is 0 Å². The van der Waals surface area contributed by atoms with Gasteiger partial charge in [0.2, 0.25) is 0 Å². The van der Waals surface area contributed by atoms with Crippen LogP contribution in [-0.4, -0.2) is 0 Å². The summed E-state index contributed by atoms with van der Waals surface area (Å²) in [7, 11) is 0. The molecule has 78 valence electrons.